The van der Waals surface area contributed by atoms with Crippen molar-refractivity contribution in [1.82, 2.24) is 5.32 Å². The topological polar surface area (TPSA) is 46.2 Å². The number of hydrogen-bond acceptors (Lipinski definition) is 3. The molecule has 1 amide bonds. The molecule has 16 heavy (non-hydrogen) atoms. The Labute approximate surface area is 99.6 Å². The van der Waals surface area contributed by atoms with E-state index in [1.54, 1.807) is 6.92 Å². The molecule has 3 nitrogen and oxygen atoms in total. The van der Waals surface area contributed by atoms with Crippen molar-refractivity contribution in [1.29, 1.82) is 0 Å². The molecule has 0 spiro atoms. The Morgan fingerprint density at radius 1 is 1.31 bits per heavy atom. The summed E-state index contributed by atoms with van der Waals surface area (Å²) in [5, 5.41) is 2.74. The van der Waals surface area contributed by atoms with Crippen molar-refractivity contribution in [2.45, 2.75) is 25.3 Å². The molecule has 0 aliphatic carbocycles. The molecular weight excluding hydrogens is 222 g/mol. The van der Waals surface area contributed by atoms with E-state index in [4.69, 9.17) is 0 Å². The lowest BCUT2D eigenvalue weighted by atomic mass is 10.2. The zero-order valence-corrected chi connectivity index (χ0v) is 10.3. The van der Waals surface area contributed by atoms with Crippen LogP contribution in [0.3, 0.4) is 0 Å². The standard InChI is InChI=1S/C12H15NO2S/c1-9(14)8-16-12-5-3-4-11(6-12)7-13-10(2)15/h3-6H,7-8H2,1-2H3,(H,13,15). The van der Waals surface area contributed by atoms with Crippen LogP contribution in [-0.4, -0.2) is 17.4 Å². The highest BCUT2D eigenvalue weighted by Gasteiger charge is 1.99. The highest BCUT2D eigenvalue weighted by molar-refractivity contribution is 8.00. The van der Waals surface area contributed by atoms with Crippen LogP contribution in [0, 0.1) is 0 Å². The van der Waals surface area contributed by atoms with E-state index in [-0.39, 0.29) is 11.7 Å². The van der Waals surface area contributed by atoms with E-state index in [1.807, 2.05) is 24.3 Å². The molecule has 1 aromatic rings. The molecule has 1 N–H and O–H groups in total. The van der Waals surface area contributed by atoms with Gasteiger partial charge in [-0.2, -0.15) is 0 Å². The van der Waals surface area contributed by atoms with Crippen LogP contribution in [0.1, 0.15) is 19.4 Å². The Bertz CT molecular complexity index is 357. The maximum absolute atomic E-state index is 10.8. The van der Waals surface area contributed by atoms with Gasteiger partial charge in [-0.1, -0.05) is 12.1 Å². The van der Waals surface area contributed by atoms with Gasteiger partial charge in [0.1, 0.15) is 5.78 Å². The minimum absolute atomic E-state index is 0.0400. The molecule has 0 fully saturated rings. The summed E-state index contributed by atoms with van der Waals surface area (Å²) in [6, 6.07) is 7.84. The van der Waals surface area contributed by atoms with Gasteiger partial charge in [-0.05, 0) is 24.6 Å². The number of thioether (sulfide) groups is 1. The summed E-state index contributed by atoms with van der Waals surface area (Å²) in [6.45, 7) is 3.60. The fourth-order valence-electron chi connectivity index (χ4n) is 1.16. The fourth-order valence-corrected chi connectivity index (χ4v) is 1.94. The minimum Gasteiger partial charge on any atom is -0.352 e. The molecule has 0 radical (unpaired) electrons. The first-order valence-electron chi connectivity index (χ1n) is 5.03. The van der Waals surface area contributed by atoms with Gasteiger partial charge in [-0.15, -0.1) is 11.8 Å². The largest absolute Gasteiger partial charge is 0.352 e. The Hall–Kier alpha value is -1.29. The molecule has 1 aromatic carbocycles. The average Bonchev–Trinajstić information content (AvgIpc) is 2.24. The summed E-state index contributed by atoms with van der Waals surface area (Å²) in [5.74, 6) is 0.614. The lowest BCUT2D eigenvalue weighted by Crippen LogP contribution is -2.18. The molecule has 86 valence electrons. The van der Waals surface area contributed by atoms with Crippen molar-refractivity contribution in [2.24, 2.45) is 0 Å². The predicted octanol–water partition coefficient (Wildman–Crippen LogP) is 2.00. The summed E-state index contributed by atoms with van der Waals surface area (Å²) in [5.41, 5.74) is 1.05. The van der Waals surface area contributed by atoms with Gasteiger partial charge in [0, 0.05) is 18.4 Å². The van der Waals surface area contributed by atoms with Gasteiger partial charge in [0.25, 0.3) is 0 Å². The smallest absolute Gasteiger partial charge is 0.217 e. The number of hydrogen-bond donors (Lipinski definition) is 1. The molecule has 0 aliphatic rings. The van der Waals surface area contributed by atoms with Gasteiger partial charge < -0.3 is 5.32 Å². The van der Waals surface area contributed by atoms with Crippen molar-refractivity contribution in [3.05, 3.63) is 29.8 Å². The average molecular weight is 237 g/mol. The SMILES string of the molecule is CC(=O)CSc1cccc(CNC(C)=O)c1. The van der Waals surface area contributed by atoms with E-state index in [0.29, 0.717) is 12.3 Å². The predicted molar refractivity (Wildman–Crippen MR) is 65.4 cm³/mol. The molecular formula is C12H15NO2S. The maximum atomic E-state index is 10.8. The number of carbonyl (C=O) groups is 2. The molecule has 0 saturated heterocycles. The van der Waals surface area contributed by atoms with Gasteiger partial charge in [0.2, 0.25) is 5.91 Å². The van der Waals surface area contributed by atoms with Crippen LogP contribution >= 0.6 is 11.8 Å². The molecule has 0 aromatic heterocycles. The molecule has 0 aliphatic heterocycles. The number of ketones is 1. The highest BCUT2D eigenvalue weighted by Crippen LogP contribution is 2.18. The van der Waals surface area contributed by atoms with Crippen molar-refractivity contribution in [2.75, 3.05) is 5.75 Å². The van der Waals surface area contributed by atoms with E-state index < -0.39 is 0 Å². The summed E-state index contributed by atoms with van der Waals surface area (Å²) in [7, 11) is 0. The van der Waals surface area contributed by atoms with Crippen LogP contribution in [0.25, 0.3) is 0 Å². The molecule has 0 bridgehead atoms. The van der Waals surface area contributed by atoms with Crippen LogP contribution in [0.4, 0.5) is 0 Å². The van der Waals surface area contributed by atoms with Gasteiger partial charge in [-0.3, -0.25) is 9.59 Å². The third-order valence-electron chi connectivity index (χ3n) is 1.88. The third-order valence-corrected chi connectivity index (χ3v) is 3.02. The van der Waals surface area contributed by atoms with E-state index in [1.165, 1.54) is 18.7 Å². The van der Waals surface area contributed by atoms with Crippen LogP contribution in [0.5, 0.6) is 0 Å². The Morgan fingerprint density at radius 2 is 2.06 bits per heavy atom. The molecule has 0 heterocycles. The van der Waals surface area contributed by atoms with Crippen LogP contribution < -0.4 is 5.32 Å². The van der Waals surface area contributed by atoms with Gasteiger partial charge in [-0.25, -0.2) is 0 Å². The fraction of sp³-hybridized carbons (Fsp3) is 0.333. The van der Waals surface area contributed by atoms with Crippen LogP contribution in [0.2, 0.25) is 0 Å². The number of nitrogens with one attached hydrogen (secondary N) is 1. The lowest BCUT2D eigenvalue weighted by molar-refractivity contribution is -0.119. The molecule has 0 atom stereocenters. The first-order chi connectivity index (χ1) is 7.58. The number of amides is 1. The van der Waals surface area contributed by atoms with Crippen molar-refractivity contribution in [3.63, 3.8) is 0 Å². The van der Waals surface area contributed by atoms with Gasteiger partial charge >= 0.3 is 0 Å². The van der Waals surface area contributed by atoms with E-state index in [2.05, 4.69) is 5.32 Å². The van der Waals surface area contributed by atoms with Crippen molar-refractivity contribution < 1.29 is 9.59 Å². The Morgan fingerprint density at radius 3 is 2.69 bits per heavy atom. The van der Waals surface area contributed by atoms with Crippen molar-refractivity contribution in [3.8, 4) is 0 Å². The number of carbonyl (C=O) groups excluding carboxylic acids is 2. The normalized spacial score (nSPS) is 9.88. The highest BCUT2D eigenvalue weighted by atomic mass is 32.2. The van der Waals surface area contributed by atoms with E-state index >= 15 is 0 Å². The number of benzene rings is 1. The summed E-state index contributed by atoms with van der Waals surface area (Å²) < 4.78 is 0. The van der Waals surface area contributed by atoms with Crippen molar-refractivity contribution >= 4 is 23.5 Å². The zero-order chi connectivity index (χ0) is 12.0. The van der Waals surface area contributed by atoms with Crippen LogP contribution in [-0.2, 0) is 16.1 Å². The zero-order valence-electron chi connectivity index (χ0n) is 9.45. The quantitative estimate of drug-likeness (QED) is 0.797. The first kappa shape index (κ1) is 12.8. The molecule has 0 unspecified atom stereocenters. The second kappa shape index (κ2) is 6.33. The minimum atomic E-state index is -0.0400. The third kappa shape index (κ3) is 4.98. The van der Waals surface area contributed by atoms with Gasteiger partial charge in [0.05, 0.1) is 5.75 Å². The van der Waals surface area contributed by atoms with Gasteiger partial charge in [0.15, 0.2) is 0 Å². The monoisotopic (exact) mass is 237 g/mol. The second-order valence-corrected chi connectivity index (χ2v) is 4.60. The molecule has 1 rings (SSSR count). The summed E-state index contributed by atoms with van der Waals surface area (Å²) in [6.07, 6.45) is 0. The van der Waals surface area contributed by atoms with E-state index in [0.717, 1.165) is 10.5 Å². The summed E-state index contributed by atoms with van der Waals surface area (Å²) in [4.78, 5) is 22.6. The second-order valence-electron chi connectivity index (χ2n) is 3.55. The number of rotatable bonds is 5. The molecule has 4 heteroatoms. The lowest BCUT2D eigenvalue weighted by Gasteiger charge is -2.04. The van der Waals surface area contributed by atoms with E-state index in [9.17, 15) is 9.59 Å². The Kier molecular flexibility index (Phi) is 5.05. The number of Topliss-reactive ketones (excluding diaryl/α,β-unsaturated/α-hetero) is 1. The molecule has 0 saturated carbocycles. The Balaban J connectivity index is 2.56. The van der Waals surface area contributed by atoms with Crippen LogP contribution in [0.15, 0.2) is 29.2 Å². The summed E-state index contributed by atoms with van der Waals surface area (Å²) >= 11 is 1.51. The first-order valence-corrected chi connectivity index (χ1v) is 6.02. The maximum Gasteiger partial charge on any atom is 0.217 e.